The Morgan fingerprint density at radius 2 is 1.27 bits per heavy atom. The molecule has 0 saturated carbocycles. The number of rotatable bonds is 2. The molecule has 2 nitrogen and oxygen atoms in total. The third-order valence-electron chi connectivity index (χ3n) is 4.20. The molecule has 102 valence electrons. The largest absolute Gasteiger partial charge is 0.244 e. The quantitative estimate of drug-likeness (QED) is 0.473. The van der Waals surface area contributed by atoms with Gasteiger partial charge in [0.25, 0.3) is 0 Å². The molecule has 1 heterocycles. The lowest BCUT2D eigenvalue weighted by atomic mass is 9.93. The van der Waals surface area contributed by atoms with Gasteiger partial charge in [0.1, 0.15) is 0 Å². The average molecular weight is 280 g/mol. The van der Waals surface area contributed by atoms with Crippen LogP contribution in [-0.4, -0.2) is 9.97 Å². The van der Waals surface area contributed by atoms with E-state index in [4.69, 9.17) is 9.97 Å². The maximum absolute atomic E-state index is 4.89. The number of para-hydroxylation sites is 2. The summed E-state index contributed by atoms with van der Waals surface area (Å²) in [6, 6.07) is 24.8. The lowest BCUT2D eigenvalue weighted by Crippen LogP contribution is -1.99. The predicted molar refractivity (Wildman–Crippen MR) is 88.1 cm³/mol. The van der Waals surface area contributed by atoms with Crippen molar-refractivity contribution in [1.82, 2.24) is 9.97 Å². The van der Waals surface area contributed by atoms with Crippen molar-refractivity contribution >= 4 is 11.0 Å². The lowest BCUT2D eigenvalue weighted by molar-refractivity contribution is 1.26. The summed E-state index contributed by atoms with van der Waals surface area (Å²) < 4.78 is 0. The molecule has 2 aliphatic carbocycles. The Balaban J connectivity index is 1.85. The van der Waals surface area contributed by atoms with E-state index in [2.05, 4.69) is 30.3 Å². The van der Waals surface area contributed by atoms with Crippen molar-refractivity contribution < 1.29 is 0 Å². The van der Waals surface area contributed by atoms with E-state index >= 15 is 0 Å². The van der Waals surface area contributed by atoms with E-state index in [1.54, 1.807) is 0 Å². The van der Waals surface area contributed by atoms with E-state index in [1.165, 1.54) is 16.0 Å². The number of hydrogen-bond acceptors (Lipinski definition) is 2. The Hall–Kier alpha value is -3.00. The summed E-state index contributed by atoms with van der Waals surface area (Å²) >= 11 is 0. The van der Waals surface area contributed by atoms with Gasteiger partial charge in [0.2, 0.25) is 0 Å². The fourth-order valence-corrected chi connectivity index (χ4v) is 2.97. The van der Waals surface area contributed by atoms with Crippen molar-refractivity contribution in [2.24, 2.45) is 0 Å². The van der Waals surface area contributed by atoms with Gasteiger partial charge >= 0.3 is 0 Å². The second-order valence-electron chi connectivity index (χ2n) is 5.54. The zero-order valence-electron chi connectivity index (χ0n) is 11.8. The lowest BCUT2D eigenvalue weighted by Gasteiger charge is -2.15. The number of aromatic nitrogens is 2. The first-order chi connectivity index (χ1) is 10.9. The fourth-order valence-electron chi connectivity index (χ4n) is 2.97. The van der Waals surface area contributed by atoms with Gasteiger partial charge < -0.3 is 0 Å². The molecule has 0 spiro atoms. The molecule has 2 heteroatoms. The standard InChI is InChI=1S/C20H12N2/c1-2-6-13(7-3-1)19-20(16-12-14-10-11-15(14)16)22-18-9-5-4-8-17(18)21-19/h1-12H. The number of nitrogens with zero attached hydrogens (tertiary/aromatic N) is 2. The minimum absolute atomic E-state index is 0.934. The highest BCUT2D eigenvalue weighted by atomic mass is 14.8. The van der Waals surface area contributed by atoms with Gasteiger partial charge in [-0.3, -0.25) is 0 Å². The molecule has 0 unspecified atom stereocenters. The summed E-state index contributed by atoms with van der Waals surface area (Å²) in [5.74, 6) is 0. The molecule has 5 rings (SSSR count). The molecule has 0 bridgehead atoms. The van der Waals surface area contributed by atoms with Gasteiger partial charge in [-0.1, -0.05) is 54.6 Å². The zero-order chi connectivity index (χ0) is 14.5. The molecule has 0 N–H and O–H groups in total. The molecule has 0 radical (unpaired) electrons. The summed E-state index contributed by atoms with van der Waals surface area (Å²) in [4.78, 5) is 9.78. The van der Waals surface area contributed by atoms with Gasteiger partial charge in [-0.2, -0.15) is 0 Å². The molecule has 0 atom stereocenters. The van der Waals surface area contributed by atoms with Crippen LogP contribution >= 0.6 is 0 Å². The molecule has 1 aromatic heterocycles. The van der Waals surface area contributed by atoms with Crippen LogP contribution in [-0.2, 0) is 0 Å². The van der Waals surface area contributed by atoms with Gasteiger partial charge in [-0.15, -0.1) is 0 Å². The van der Waals surface area contributed by atoms with Crippen LogP contribution in [0.25, 0.3) is 33.5 Å². The molecule has 0 amide bonds. The molecule has 3 aromatic rings. The van der Waals surface area contributed by atoms with Gasteiger partial charge in [0.15, 0.2) is 0 Å². The average Bonchev–Trinajstić information content (AvgIpc) is 2.57. The molecular formula is C20H12N2. The highest BCUT2D eigenvalue weighted by Gasteiger charge is 2.17. The van der Waals surface area contributed by atoms with Crippen LogP contribution in [0.1, 0.15) is 0 Å². The van der Waals surface area contributed by atoms with Gasteiger partial charge in [-0.25, -0.2) is 9.97 Å². The Labute approximate surface area is 127 Å². The zero-order valence-corrected chi connectivity index (χ0v) is 11.8. The number of fused-ring (bicyclic) bond motifs is 1. The number of benzene rings is 3. The maximum atomic E-state index is 4.89. The Morgan fingerprint density at radius 3 is 1.86 bits per heavy atom. The smallest absolute Gasteiger partial charge is 0.0979 e. The Morgan fingerprint density at radius 1 is 0.591 bits per heavy atom. The van der Waals surface area contributed by atoms with E-state index in [9.17, 15) is 0 Å². The van der Waals surface area contributed by atoms with E-state index in [1.807, 2.05) is 42.5 Å². The predicted octanol–water partition coefficient (Wildman–Crippen LogP) is 4.56. The molecule has 2 aromatic carbocycles. The molecule has 0 saturated heterocycles. The van der Waals surface area contributed by atoms with Gasteiger partial charge in [0.05, 0.1) is 22.4 Å². The minimum Gasteiger partial charge on any atom is -0.244 e. The van der Waals surface area contributed by atoms with Crippen LogP contribution in [0.15, 0.2) is 72.8 Å². The Bertz CT molecular complexity index is 1120. The summed E-state index contributed by atoms with van der Waals surface area (Å²) in [7, 11) is 0. The van der Waals surface area contributed by atoms with Crippen LogP contribution < -0.4 is 0 Å². The SMILES string of the molecule is c1ccc(-c2nc3ccccc3nc2-c2cc3ccc2=3)cc1. The highest BCUT2D eigenvalue weighted by Crippen LogP contribution is 2.34. The molecule has 0 fully saturated rings. The first-order valence-electron chi connectivity index (χ1n) is 7.37. The topological polar surface area (TPSA) is 25.8 Å². The second kappa shape index (κ2) is 4.25. The molecule has 2 aliphatic rings. The van der Waals surface area contributed by atoms with Crippen molar-refractivity contribution in [1.29, 1.82) is 0 Å². The number of hydrogen-bond donors (Lipinski definition) is 0. The van der Waals surface area contributed by atoms with Crippen molar-refractivity contribution in [2.75, 3.05) is 0 Å². The summed E-state index contributed by atoms with van der Waals surface area (Å²) in [5, 5.41) is 2.63. The first-order valence-corrected chi connectivity index (χ1v) is 7.37. The Kier molecular flexibility index (Phi) is 2.25. The van der Waals surface area contributed by atoms with Crippen molar-refractivity contribution in [3.05, 3.63) is 83.2 Å². The van der Waals surface area contributed by atoms with Crippen molar-refractivity contribution in [3.8, 4) is 22.5 Å². The van der Waals surface area contributed by atoms with E-state index in [-0.39, 0.29) is 0 Å². The van der Waals surface area contributed by atoms with Crippen LogP contribution in [0.2, 0.25) is 0 Å². The summed E-state index contributed by atoms with van der Waals surface area (Å²) in [6.45, 7) is 0. The van der Waals surface area contributed by atoms with Gasteiger partial charge in [0, 0.05) is 11.1 Å². The van der Waals surface area contributed by atoms with Crippen LogP contribution in [0.4, 0.5) is 0 Å². The first kappa shape index (κ1) is 11.6. The molecular weight excluding hydrogens is 268 g/mol. The van der Waals surface area contributed by atoms with E-state index in [0.29, 0.717) is 0 Å². The summed E-state index contributed by atoms with van der Waals surface area (Å²) in [6.07, 6.45) is 0. The maximum Gasteiger partial charge on any atom is 0.0979 e. The second-order valence-corrected chi connectivity index (χ2v) is 5.54. The highest BCUT2D eigenvalue weighted by molar-refractivity contribution is 5.87. The monoisotopic (exact) mass is 280 g/mol. The van der Waals surface area contributed by atoms with Crippen LogP contribution in [0.3, 0.4) is 0 Å². The van der Waals surface area contributed by atoms with E-state index < -0.39 is 0 Å². The van der Waals surface area contributed by atoms with Crippen LogP contribution in [0, 0.1) is 10.4 Å². The van der Waals surface area contributed by atoms with Gasteiger partial charge in [-0.05, 0) is 28.6 Å². The van der Waals surface area contributed by atoms with Crippen LogP contribution in [0.5, 0.6) is 0 Å². The van der Waals surface area contributed by atoms with E-state index in [0.717, 1.165) is 28.0 Å². The van der Waals surface area contributed by atoms with Crippen molar-refractivity contribution in [3.63, 3.8) is 0 Å². The van der Waals surface area contributed by atoms with Crippen molar-refractivity contribution in [2.45, 2.75) is 0 Å². The summed E-state index contributed by atoms with van der Waals surface area (Å²) in [5.41, 5.74) is 6.12. The molecule has 0 aliphatic heterocycles. The normalized spacial score (nSPS) is 11.6. The molecule has 22 heavy (non-hydrogen) atoms. The third-order valence-corrected chi connectivity index (χ3v) is 4.20. The third kappa shape index (κ3) is 1.55. The fraction of sp³-hybridized carbons (Fsp3) is 0. The minimum atomic E-state index is 0.934.